The van der Waals surface area contributed by atoms with Crippen LogP contribution in [0.2, 0.25) is 0 Å². The van der Waals surface area contributed by atoms with Crippen molar-refractivity contribution >= 4 is 23.1 Å². The van der Waals surface area contributed by atoms with Crippen LogP contribution in [0.1, 0.15) is 52.2 Å². The Bertz CT molecular complexity index is 1150. The van der Waals surface area contributed by atoms with Crippen LogP contribution in [-0.4, -0.2) is 11.8 Å². The molecule has 0 bridgehead atoms. The zero-order valence-electron chi connectivity index (χ0n) is 19.3. The first-order valence-electron chi connectivity index (χ1n) is 10.7. The summed E-state index contributed by atoms with van der Waals surface area (Å²) in [5, 5.41) is 0. The number of hydrogen-bond donors (Lipinski definition) is 0. The fourth-order valence-electron chi connectivity index (χ4n) is 3.34. The molecule has 0 aliphatic carbocycles. The second-order valence-corrected chi connectivity index (χ2v) is 9.45. The van der Waals surface area contributed by atoms with E-state index in [0.717, 1.165) is 33.7 Å². The number of benzene rings is 2. The quantitative estimate of drug-likeness (QED) is 0.188. The van der Waals surface area contributed by atoms with Gasteiger partial charge >= 0.3 is 12.1 Å². The number of ketones is 1. The van der Waals surface area contributed by atoms with Gasteiger partial charge in [-0.1, -0.05) is 38.1 Å². The van der Waals surface area contributed by atoms with Crippen molar-refractivity contribution < 1.29 is 32.5 Å². The van der Waals surface area contributed by atoms with E-state index in [1.54, 1.807) is 26.0 Å². The molecule has 2 aromatic carbocycles. The summed E-state index contributed by atoms with van der Waals surface area (Å²) in [7, 11) is 0. The van der Waals surface area contributed by atoms with Gasteiger partial charge in [0.15, 0.2) is 11.5 Å². The summed E-state index contributed by atoms with van der Waals surface area (Å²) in [5.74, 6) is -0.323. The van der Waals surface area contributed by atoms with Gasteiger partial charge in [0.1, 0.15) is 0 Å². The highest BCUT2D eigenvalue weighted by molar-refractivity contribution is 7.17. The fraction of sp³-hybridized carbons (Fsp3) is 0.308. The molecule has 0 radical (unpaired) electrons. The lowest BCUT2D eigenvalue weighted by Gasteiger charge is -2.13. The number of rotatable bonds is 8. The van der Waals surface area contributed by atoms with Crippen LogP contribution in [0.25, 0.3) is 10.4 Å². The Hall–Kier alpha value is -3.13. The van der Waals surface area contributed by atoms with Gasteiger partial charge in [-0.25, -0.2) is 4.79 Å². The average molecular weight is 491 g/mol. The second-order valence-electron chi connectivity index (χ2n) is 8.36. The van der Waals surface area contributed by atoms with Gasteiger partial charge in [-0.15, -0.1) is 11.3 Å². The van der Waals surface area contributed by atoms with Gasteiger partial charge in [0.25, 0.3) is 0 Å². The summed E-state index contributed by atoms with van der Waals surface area (Å²) < 4.78 is 38.3. The van der Waals surface area contributed by atoms with E-state index in [9.17, 15) is 22.8 Å². The molecule has 0 fully saturated rings. The Morgan fingerprint density at radius 3 is 2.15 bits per heavy atom. The van der Waals surface area contributed by atoms with Crippen molar-refractivity contribution in [3.8, 4) is 16.2 Å². The van der Waals surface area contributed by atoms with E-state index in [0.29, 0.717) is 22.6 Å². The molecule has 0 saturated carbocycles. The number of hydrogen-bond acceptors (Lipinski definition) is 5. The van der Waals surface area contributed by atoms with E-state index < -0.39 is 17.7 Å². The minimum atomic E-state index is -4.38. The van der Waals surface area contributed by atoms with Crippen molar-refractivity contribution in [1.29, 1.82) is 0 Å². The van der Waals surface area contributed by atoms with Crippen LogP contribution in [-0.2, 0) is 22.3 Å². The Balaban J connectivity index is 1.63. The Labute approximate surface area is 200 Å². The van der Waals surface area contributed by atoms with E-state index in [-0.39, 0.29) is 18.1 Å². The van der Waals surface area contributed by atoms with Gasteiger partial charge in [0, 0.05) is 11.3 Å². The molecule has 0 atom stereocenters. The third kappa shape index (κ3) is 6.26. The molecule has 8 heteroatoms. The van der Waals surface area contributed by atoms with E-state index in [1.807, 2.05) is 26.0 Å². The first-order valence-corrected chi connectivity index (χ1v) is 11.6. The third-order valence-electron chi connectivity index (χ3n) is 5.22. The van der Waals surface area contributed by atoms with E-state index >= 15 is 0 Å². The van der Waals surface area contributed by atoms with Crippen LogP contribution in [0.5, 0.6) is 5.75 Å². The maximum atomic E-state index is 12.8. The van der Waals surface area contributed by atoms with Crippen molar-refractivity contribution in [3.05, 3.63) is 75.7 Å². The van der Waals surface area contributed by atoms with Gasteiger partial charge in [-0.05, 0) is 66.8 Å². The van der Waals surface area contributed by atoms with E-state index in [4.69, 9.17) is 9.78 Å². The van der Waals surface area contributed by atoms with Gasteiger partial charge in [0.05, 0.1) is 16.4 Å². The summed E-state index contributed by atoms with van der Waals surface area (Å²) in [6.45, 7) is 7.11. The first kappa shape index (κ1) is 25.5. The number of aryl methyl sites for hydroxylation is 3. The Kier molecular flexibility index (Phi) is 7.82. The minimum Gasteiger partial charge on any atom is -0.293 e. The molecule has 0 aliphatic rings. The summed E-state index contributed by atoms with van der Waals surface area (Å²) in [6, 6.07) is 12.1. The van der Waals surface area contributed by atoms with Crippen molar-refractivity contribution in [3.63, 3.8) is 0 Å². The molecule has 0 amide bonds. The normalized spacial score (nSPS) is 11.5. The topological polar surface area (TPSA) is 52.6 Å². The highest BCUT2D eigenvalue weighted by atomic mass is 32.1. The molecular weight excluding hydrogens is 465 g/mol. The van der Waals surface area contributed by atoms with Crippen LogP contribution >= 0.6 is 11.3 Å². The molecule has 0 unspecified atom stereocenters. The molecule has 3 aromatic rings. The van der Waals surface area contributed by atoms with Gasteiger partial charge < -0.3 is 0 Å². The minimum absolute atomic E-state index is 0.0374. The smallest absolute Gasteiger partial charge is 0.293 e. The highest BCUT2D eigenvalue weighted by Crippen LogP contribution is 2.34. The summed E-state index contributed by atoms with van der Waals surface area (Å²) in [5.41, 5.74) is 2.46. The Morgan fingerprint density at radius 1 is 0.971 bits per heavy atom. The Morgan fingerprint density at radius 2 is 1.59 bits per heavy atom. The van der Waals surface area contributed by atoms with E-state index in [1.165, 1.54) is 23.5 Å². The zero-order valence-corrected chi connectivity index (χ0v) is 20.1. The lowest BCUT2D eigenvalue weighted by Crippen LogP contribution is -2.14. The molecular formula is C26H25F3O4S. The summed E-state index contributed by atoms with van der Waals surface area (Å²) in [6.07, 6.45) is -3.58. The largest absolute Gasteiger partial charge is 0.416 e. The van der Waals surface area contributed by atoms with Crippen molar-refractivity contribution in [2.24, 2.45) is 5.92 Å². The van der Waals surface area contributed by atoms with Gasteiger partial charge in [-0.2, -0.15) is 13.2 Å². The number of halogens is 3. The molecule has 4 nitrogen and oxygen atoms in total. The predicted octanol–water partition coefficient (Wildman–Crippen LogP) is 7.36. The summed E-state index contributed by atoms with van der Waals surface area (Å²) >= 11 is 1.26. The molecule has 0 N–H and O–H groups in total. The first-order chi connectivity index (χ1) is 16.0. The maximum Gasteiger partial charge on any atom is 0.416 e. The van der Waals surface area contributed by atoms with E-state index in [2.05, 4.69) is 0 Å². The molecule has 0 spiro atoms. The molecule has 34 heavy (non-hydrogen) atoms. The zero-order chi connectivity index (χ0) is 25.0. The SMILES string of the molecule is Cc1cc(CCC(=O)c2ccc(-c3ccc(C(F)(F)F)cc3)s2)cc(C)c1OOC(=O)C(C)C. The molecule has 0 saturated heterocycles. The number of carbonyl (C=O) groups excluding carboxylic acids is 2. The highest BCUT2D eigenvalue weighted by Gasteiger charge is 2.30. The van der Waals surface area contributed by atoms with Gasteiger partial charge in [0.2, 0.25) is 0 Å². The van der Waals surface area contributed by atoms with Crippen molar-refractivity contribution in [2.75, 3.05) is 0 Å². The van der Waals surface area contributed by atoms with Crippen LogP contribution in [0.3, 0.4) is 0 Å². The van der Waals surface area contributed by atoms with Crippen LogP contribution in [0.15, 0.2) is 48.5 Å². The number of thiophene rings is 1. The fourth-order valence-corrected chi connectivity index (χ4v) is 4.32. The number of carbonyl (C=O) groups is 2. The van der Waals surface area contributed by atoms with Crippen LogP contribution in [0.4, 0.5) is 13.2 Å². The lowest BCUT2D eigenvalue weighted by atomic mass is 10.0. The third-order valence-corrected chi connectivity index (χ3v) is 6.39. The van der Waals surface area contributed by atoms with Gasteiger partial charge in [-0.3, -0.25) is 14.6 Å². The number of alkyl halides is 3. The van der Waals surface area contributed by atoms with Crippen molar-refractivity contribution in [2.45, 2.75) is 46.7 Å². The number of Topliss-reactive ketones (excluding diaryl/α,β-unsaturated/α-hetero) is 1. The molecule has 180 valence electrons. The standard InChI is InChI=1S/C26H25F3O4S/c1-15(2)25(31)33-32-24-16(3)13-18(14-17(24)4)5-10-21(30)23-12-11-22(34-23)19-6-8-20(9-7-19)26(27,28)29/h6-9,11-15H,5,10H2,1-4H3. The van der Waals surface area contributed by atoms with Crippen LogP contribution < -0.4 is 4.89 Å². The van der Waals surface area contributed by atoms with Crippen LogP contribution in [0, 0.1) is 19.8 Å². The average Bonchev–Trinajstić information content (AvgIpc) is 3.26. The molecule has 0 aliphatic heterocycles. The maximum absolute atomic E-state index is 12.8. The molecule has 1 aromatic heterocycles. The monoisotopic (exact) mass is 490 g/mol. The van der Waals surface area contributed by atoms with Crippen molar-refractivity contribution in [1.82, 2.24) is 0 Å². The molecule has 1 heterocycles. The molecule has 3 rings (SSSR count). The second kappa shape index (κ2) is 10.4. The lowest BCUT2D eigenvalue weighted by molar-refractivity contribution is -0.218. The predicted molar refractivity (Wildman–Crippen MR) is 125 cm³/mol. The summed E-state index contributed by atoms with van der Waals surface area (Å²) in [4.78, 5) is 35.7.